The molecule has 4 heteroatoms. The van der Waals surface area contributed by atoms with Crippen LogP contribution in [-0.4, -0.2) is 13.1 Å². The average Bonchev–Trinajstić information content (AvgIpc) is 2.30. The monoisotopic (exact) mass is 296 g/mol. The van der Waals surface area contributed by atoms with Crippen molar-refractivity contribution in [3.05, 3.63) is 52.7 Å². The van der Waals surface area contributed by atoms with Gasteiger partial charge in [0.05, 0.1) is 17.2 Å². The summed E-state index contributed by atoms with van der Waals surface area (Å²) in [6, 6.07) is 8.85. The Labute approximate surface area is 109 Å². The van der Waals surface area contributed by atoms with Crippen LogP contribution < -0.4 is 4.74 Å². The van der Waals surface area contributed by atoms with E-state index in [2.05, 4.69) is 22.5 Å². The van der Waals surface area contributed by atoms with Crippen LogP contribution in [0.15, 0.2) is 52.7 Å². The molecule has 0 aliphatic carbocycles. The summed E-state index contributed by atoms with van der Waals surface area (Å²) in [6.45, 7) is 5.28. The minimum Gasteiger partial charge on any atom is -0.495 e. The number of hydrogen-bond donors (Lipinski definition) is 0. The summed E-state index contributed by atoms with van der Waals surface area (Å²) in [5.74, 6) is 0.409. The van der Waals surface area contributed by atoms with Gasteiger partial charge in [0.1, 0.15) is 11.5 Å². The van der Waals surface area contributed by atoms with Crippen LogP contribution in [0.5, 0.6) is 5.75 Å². The molecule has 1 aromatic rings. The highest BCUT2D eigenvalue weighted by atomic mass is 79.9. The third kappa shape index (κ3) is 3.75. The van der Waals surface area contributed by atoms with E-state index in [9.17, 15) is 4.79 Å². The third-order valence-electron chi connectivity index (χ3n) is 2.05. The summed E-state index contributed by atoms with van der Waals surface area (Å²) in [6.07, 6.45) is 0. The first kappa shape index (κ1) is 13.5. The first-order chi connectivity index (χ1) is 8.06. The van der Waals surface area contributed by atoms with Gasteiger partial charge in [-0.25, -0.2) is 4.79 Å². The van der Waals surface area contributed by atoms with Gasteiger partial charge in [-0.2, -0.15) is 0 Å². The second-order valence-corrected chi connectivity index (χ2v) is 4.22. The van der Waals surface area contributed by atoms with Crippen molar-refractivity contribution < 1.29 is 14.3 Å². The van der Waals surface area contributed by atoms with Crippen LogP contribution in [0.2, 0.25) is 0 Å². The van der Waals surface area contributed by atoms with Crippen molar-refractivity contribution in [2.45, 2.75) is 6.92 Å². The van der Waals surface area contributed by atoms with Gasteiger partial charge in [-0.1, -0.05) is 24.8 Å². The lowest BCUT2D eigenvalue weighted by molar-refractivity contribution is -0.130. The van der Waals surface area contributed by atoms with E-state index >= 15 is 0 Å². The minimum atomic E-state index is -0.464. The molecule has 0 saturated carbocycles. The Balaban J connectivity index is 2.87. The molecular weight excluding hydrogens is 284 g/mol. The lowest BCUT2D eigenvalue weighted by Crippen LogP contribution is -2.12. The maximum absolute atomic E-state index is 11.8. The number of halogens is 1. The number of rotatable bonds is 4. The zero-order chi connectivity index (χ0) is 12.8. The molecule has 0 radical (unpaired) electrons. The maximum atomic E-state index is 11.8. The molecule has 0 spiro atoms. The van der Waals surface area contributed by atoms with Gasteiger partial charge in [0.2, 0.25) is 0 Å². The normalized spacial score (nSPS) is 11.5. The quantitative estimate of drug-likeness (QED) is 0.281. The summed E-state index contributed by atoms with van der Waals surface area (Å²) < 4.78 is 10.7. The van der Waals surface area contributed by atoms with Crippen molar-refractivity contribution >= 4 is 21.9 Å². The molecule has 1 aromatic carbocycles. The molecule has 0 atom stereocenters. The summed E-state index contributed by atoms with van der Waals surface area (Å²) in [7, 11) is 1.47. The van der Waals surface area contributed by atoms with Gasteiger partial charge in [-0.3, -0.25) is 0 Å². The highest BCUT2D eigenvalue weighted by Gasteiger charge is 2.15. The van der Waals surface area contributed by atoms with Crippen molar-refractivity contribution in [3.63, 3.8) is 0 Å². The number of allylic oxidation sites excluding steroid dienone is 1. The van der Waals surface area contributed by atoms with Crippen molar-refractivity contribution in [2.24, 2.45) is 0 Å². The Morgan fingerprint density at radius 2 is 1.88 bits per heavy atom. The third-order valence-corrected chi connectivity index (χ3v) is 2.41. The van der Waals surface area contributed by atoms with E-state index < -0.39 is 5.97 Å². The highest BCUT2D eigenvalue weighted by molar-refractivity contribution is 9.11. The van der Waals surface area contributed by atoms with Crippen molar-refractivity contribution in [1.29, 1.82) is 0 Å². The summed E-state index contributed by atoms with van der Waals surface area (Å²) in [4.78, 5) is 11.8. The van der Waals surface area contributed by atoms with Crippen molar-refractivity contribution in [2.75, 3.05) is 7.11 Å². The molecule has 0 aromatic heterocycles. The van der Waals surface area contributed by atoms with E-state index in [-0.39, 0.29) is 0 Å². The first-order valence-corrected chi connectivity index (χ1v) is 5.72. The number of para-hydroxylation sites is 1. The number of carbonyl (C=O) groups excluding carboxylic acids is 1. The van der Waals surface area contributed by atoms with Crippen LogP contribution in [0.1, 0.15) is 6.92 Å². The van der Waals surface area contributed by atoms with E-state index in [0.717, 1.165) is 0 Å². The fourth-order valence-electron chi connectivity index (χ4n) is 1.23. The molecule has 0 heterocycles. The van der Waals surface area contributed by atoms with Crippen LogP contribution in [0, 0.1) is 0 Å². The zero-order valence-corrected chi connectivity index (χ0v) is 11.3. The van der Waals surface area contributed by atoms with Crippen LogP contribution in [0.4, 0.5) is 0 Å². The number of hydrogen-bond acceptors (Lipinski definition) is 3. The maximum Gasteiger partial charge on any atom is 0.342 e. The topological polar surface area (TPSA) is 35.5 Å². The van der Waals surface area contributed by atoms with E-state index in [4.69, 9.17) is 9.47 Å². The molecule has 0 N–H and O–H groups in total. The second kappa shape index (κ2) is 6.25. The summed E-state index contributed by atoms with van der Waals surface area (Å²) >= 11 is 3.17. The van der Waals surface area contributed by atoms with Gasteiger partial charge < -0.3 is 9.47 Å². The van der Waals surface area contributed by atoms with Crippen LogP contribution in [-0.2, 0) is 9.53 Å². The summed E-state index contributed by atoms with van der Waals surface area (Å²) in [5, 5.41) is 0. The first-order valence-electron chi connectivity index (χ1n) is 4.93. The minimum absolute atomic E-state index is 0.359. The molecular formula is C13H13BrO3. The predicted octanol–water partition coefficient (Wildman–Crippen LogP) is 3.42. The number of ether oxygens (including phenoxy) is 2. The molecule has 0 aliphatic heterocycles. The summed E-state index contributed by atoms with van der Waals surface area (Å²) in [5.41, 5.74) is 0.359. The van der Waals surface area contributed by atoms with E-state index in [1.54, 1.807) is 31.2 Å². The lowest BCUT2D eigenvalue weighted by atomic mass is 10.2. The Kier molecular flexibility index (Phi) is 4.97. The fraction of sp³-hybridized carbons (Fsp3) is 0.154. The zero-order valence-electron chi connectivity index (χ0n) is 9.70. The molecule has 0 amide bonds. The number of carbonyl (C=O) groups is 1. The van der Waals surface area contributed by atoms with Gasteiger partial charge >= 0.3 is 5.97 Å². The molecule has 0 unspecified atom stereocenters. The van der Waals surface area contributed by atoms with Gasteiger partial charge in [0, 0.05) is 0 Å². The second-order valence-electron chi connectivity index (χ2n) is 3.27. The van der Waals surface area contributed by atoms with E-state index in [0.29, 0.717) is 21.6 Å². The van der Waals surface area contributed by atoms with Crippen LogP contribution in [0.25, 0.3) is 0 Å². The molecule has 0 bridgehead atoms. The standard InChI is InChI=1S/C13H13BrO3/c1-9(12(16-3)10(2)14)13(15)17-11-7-5-4-6-8-11/h4-8H,2H2,1,3H3/b12-9-. The van der Waals surface area contributed by atoms with Gasteiger partial charge in [-0.15, -0.1) is 0 Å². The molecule has 0 fully saturated rings. The molecule has 0 aliphatic rings. The fourth-order valence-corrected chi connectivity index (χ4v) is 1.69. The van der Waals surface area contributed by atoms with Gasteiger partial charge in [-0.05, 0) is 35.0 Å². The van der Waals surface area contributed by atoms with E-state index in [1.807, 2.05) is 6.07 Å². The Bertz CT molecular complexity index is 449. The molecule has 1 rings (SSSR count). The Morgan fingerprint density at radius 1 is 1.29 bits per heavy atom. The van der Waals surface area contributed by atoms with Gasteiger partial charge in [0.25, 0.3) is 0 Å². The smallest absolute Gasteiger partial charge is 0.342 e. The largest absolute Gasteiger partial charge is 0.495 e. The SMILES string of the molecule is C=C(Br)/C(OC)=C(\C)C(=O)Oc1ccccc1. The van der Waals surface area contributed by atoms with Crippen LogP contribution >= 0.6 is 15.9 Å². The van der Waals surface area contributed by atoms with E-state index in [1.165, 1.54) is 7.11 Å². The molecule has 3 nitrogen and oxygen atoms in total. The molecule has 17 heavy (non-hydrogen) atoms. The van der Waals surface area contributed by atoms with Gasteiger partial charge in [0.15, 0.2) is 0 Å². The highest BCUT2D eigenvalue weighted by Crippen LogP contribution is 2.21. The molecule has 0 saturated heterocycles. The molecule has 90 valence electrons. The van der Waals surface area contributed by atoms with Crippen molar-refractivity contribution in [1.82, 2.24) is 0 Å². The average molecular weight is 297 g/mol. The number of methoxy groups -OCH3 is 1. The van der Waals surface area contributed by atoms with Crippen LogP contribution in [0.3, 0.4) is 0 Å². The predicted molar refractivity (Wildman–Crippen MR) is 69.9 cm³/mol. The van der Waals surface area contributed by atoms with Crippen molar-refractivity contribution in [3.8, 4) is 5.75 Å². The Morgan fingerprint density at radius 3 is 2.35 bits per heavy atom. The number of benzene rings is 1. The Hall–Kier alpha value is -1.55. The lowest BCUT2D eigenvalue weighted by Gasteiger charge is -2.09. The number of esters is 1.